The number of aromatic nitrogens is 3. The second-order valence-electron chi connectivity index (χ2n) is 3.58. The molecule has 0 spiro atoms. The van der Waals surface area contributed by atoms with Crippen LogP contribution in [-0.4, -0.2) is 21.4 Å². The van der Waals surface area contributed by atoms with Crippen molar-refractivity contribution in [2.75, 3.05) is 6.61 Å². The highest BCUT2D eigenvalue weighted by atomic mass is 127. The summed E-state index contributed by atoms with van der Waals surface area (Å²) in [5.74, 6) is 0. The van der Waals surface area contributed by atoms with Gasteiger partial charge in [-0.05, 0) is 47.6 Å². The molecule has 0 aromatic carbocycles. The second-order valence-corrected chi connectivity index (χ2v) is 4.60. The van der Waals surface area contributed by atoms with Gasteiger partial charge in [0.1, 0.15) is 3.70 Å². The average molecular weight is 315 g/mol. The topological polar surface area (TPSA) is 39.9 Å². The average Bonchev–Trinajstić information content (AvgIpc) is 2.87. The van der Waals surface area contributed by atoms with Crippen LogP contribution in [0.4, 0.5) is 0 Å². The van der Waals surface area contributed by atoms with Crippen molar-refractivity contribution in [3.8, 4) is 0 Å². The molecule has 0 amide bonds. The summed E-state index contributed by atoms with van der Waals surface area (Å²) in [4.78, 5) is 4.36. The number of nitrogens with zero attached hydrogens (tertiary/aromatic N) is 3. The SMILES string of the molecule is Ic1nn(C2CCCO2)c2ncccc12. The highest BCUT2D eigenvalue weighted by Crippen LogP contribution is 2.27. The maximum absolute atomic E-state index is 5.62. The summed E-state index contributed by atoms with van der Waals surface area (Å²) in [6.45, 7) is 0.829. The monoisotopic (exact) mass is 315 g/mol. The third-order valence-electron chi connectivity index (χ3n) is 2.60. The van der Waals surface area contributed by atoms with E-state index in [1.165, 1.54) is 0 Å². The maximum atomic E-state index is 5.62. The fourth-order valence-electron chi connectivity index (χ4n) is 1.89. The quantitative estimate of drug-likeness (QED) is 0.759. The van der Waals surface area contributed by atoms with E-state index in [-0.39, 0.29) is 6.23 Å². The molecule has 15 heavy (non-hydrogen) atoms. The van der Waals surface area contributed by atoms with Crippen molar-refractivity contribution in [1.82, 2.24) is 14.8 Å². The smallest absolute Gasteiger partial charge is 0.161 e. The fraction of sp³-hybridized carbons (Fsp3) is 0.400. The van der Waals surface area contributed by atoms with Gasteiger partial charge in [-0.15, -0.1) is 0 Å². The van der Waals surface area contributed by atoms with Gasteiger partial charge in [0.15, 0.2) is 11.9 Å². The van der Waals surface area contributed by atoms with Crippen molar-refractivity contribution in [2.24, 2.45) is 0 Å². The minimum atomic E-state index is 0.0749. The van der Waals surface area contributed by atoms with Gasteiger partial charge in [0.25, 0.3) is 0 Å². The fourth-order valence-corrected chi connectivity index (χ4v) is 2.54. The molecule has 78 valence electrons. The van der Waals surface area contributed by atoms with E-state index in [1.54, 1.807) is 6.20 Å². The summed E-state index contributed by atoms with van der Waals surface area (Å²) in [6, 6.07) is 3.98. The number of rotatable bonds is 1. The predicted octanol–water partition coefficient (Wildman–Crippen LogP) is 2.34. The number of pyridine rings is 1. The molecular weight excluding hydrogens is 305 g/mol. The molecule has 2 aromatic rings. The lowest BCUT2D eigenvalue weighted by atomic mass is 10.3. The lowest BCUT2D eigenvalue weighted by Crippen LogP contribution is -2.09. The van der Waals surface area contributed by atoms with Gasteiger partial charge in [0.05, 0.1) is 5.39 Å². The van der Waals surface area contributed by atoms with Crippen LogP contribution in [0.1, 0.15) is 19.1 Å². The van der Waals surface area contributed by atoms with E-state index in [1.807, 2.05) is 16.8 Å². The van der Waals surface area contributed by atoms with E-state index in [9.17, 15) is 0 Å². The Bertz CT molecular complexity index is 490. The van der Waals surface area contributed by atoms with Gasteiger partial charge in [-0.1, -0.05) is 0 Å². The summed E-state index contributed by atoms with van der Waals surface area (Å²) >= 11 is 2.24. The third-order valence-corrected chi connectivity index (χ3v) is 3.40. The Balaban J connectivity index is 2.17. The number of hydrogen-bond acceptors (Lipinski definition) is 3. The number of ether oxygens (including phenoxy) is 1. The molecule has 3 heterocycles. The van der Waals surface area contributed by atoms with Crippen LogP contribution in [0.15, 0.2) is 18.3 Å². The predicted molar refractivity (Wildman–Crippen MR) is 64.5 cm³/mol. The van der Waals surface area contributed by atoms with Crippen molar-refractivity contribution in [2.45, 2.75) is 19.1 Å². The van der Waals surface area contributed by atoms with Crippen molar-refractivity contribution in [1.29, 1.82) is 0 Å². The highest BCUT2D eigenvalue weighted by Gasteiger charge is 2.21. The lowest BCUT2D eigenvalue weighted by Gasteiger charge is -2.09. The molecule has 5 heteroatoms. The van der Waals surface area contributed by atoms with Gasteiger partial charge >= 0.3 is 0 Å². The molecule has 1 unspecified atom stereocenters. The first-order chi connectivity index (χ1) is 7.36. The van der Waals surface area contributed by atoms with Crippen molar-refractivity contribution in [3.63, 3.8) is 0 Å². The van der Waals surface area contributed by atoms with Crippen LogP contribution < -0.4 is 0 Å². The molecule has 4 nitrogen and oxygen atoms in total. The summed E-state index contributed by atoms with van der Waals surface area (Å²) in [6.07, 6.45) is 4.01. The molecule has 1 aliphatic rings. The van der Waals surface area contributed by atoms with Crippen LogP contribution in [0.5, 0.6) is 0 Å². The van der Waals surface area contributed by atoms with Crippen LogP contribution >= 0.6 is 22.6 Å². The van der Waals surface area contributed by atoms with Crippen molar-refractivity contribution >= 4 is 33.6 Å². The molecule has 0 bridgehead atoms. The van der Waals surface area contributed by atoms with Gasteiger partial charge in [-0.25, -0.2) is 9.67 Å². The molecule has 0 aliphatic carbocycles. The van der Waals surface area contributed by atoms with Gasteiger partial charge < -0.3 is 4.74 Å². The van der Waals surface area contributed by atoms with Gasteiger partial charge in [-0.2, -0.15) is 5.10 Å². The molecule has 1 fully saturated rings. The van der Waals surface area contributed by atoms with Gasteiger partial charge in [-0.3, -0.25) is 0 Å². The van der Waals surface area contributed by atoms with Crippen LogP contribution in [0.2, 0.25) is 0 Å². The van der Waals surface area contributed by atoms with E-state index < -0.39 is 0 Å². The molecule has 1 aliphatic heterocycles. The minimum Gasteiger partial charge on any atom is -0.356 e. The standard InChI is InChI=1S/C10H10IN3O/c11-9-7-3-1-5-12-10(7)14(13-9)8-4-2-6-15-8/h1,3,5,8H,2,4,6H2. The van der Waals surface area contributed by atoms with Crippen LogP contribution in [0, 0.1) is 3.70 Å². The Kier molecular flexibility index (Phi) is 2.36. The van der Waals surface area contributed by atoms with E-state index in [2.05, 4.69) is 32.7 Å². The van der Waals surface area contributed by atoms with Crippen LogP contribution in [0.25, 0.3) is 11.0 Å². The number of fused-ring (bicyclic) bond motifs is 1. The van der Waals surface area contributed by atoms with Crippen LogP contribution in [0.3, 0.4) is 0 Å². The highest BCUT2D eigenvalue weighted by molar-refractivity contribution is 14.1. The molecule has 2 aromatic heterocycles. The van der Waals surface area contributed by atoms with E-state index in [0.29, 0.717) is 0 Å². The molecular formula is C10H10IN3O. The van der Waals surface area contributed by atoms with Gasteiger partial charge in [0, 0.05) is 12.8 Å². The van der Waals surface area contributed by atoms with Crippen molar-refractivity contribution < 1.29 is 4.74 Å². The summed E-state index contributed by atoms with van der Waals surface area (Å²) in [5.41, 5.74) is 0.925. The summed E-state index contributed by atoms with van der Waals surface area (Å²) in [7, 11) is 0. The lowest BCUT2D eigenvalue weighted by molar-refractivity contribution is 0.0496. The maximum Gasteiger partial charge on any atom is 0.161 e. The Morgan fingerprint density at radius 3 is 3.27 bits per heavy atom. The molecule has 0 N–H and O–H groups in total. The largest absolute Gasteiger partial charge is 0.356 e. The Hall–Kier alpha value is -0.690. The number of halogens is 1. The van der Waals surface area contributed by atoms with Gasteiger partial charge in [0.2, 0.25) is 0 Å². The molecule has 0 radical (unpaired) electrons. The Morgan fingerprint density at radius 2 is 2.47 bits per heavy atom. The summed E-state index contributed by atoms with van der Waals surface area (Å²) < 4.78 is 8.52. The van der Waals surface area contributed by atoms with E-state index >= 15 is 0 Å². The third kappa shape index (κ3) is 1.53. The molecule has 1 saturated heterocycles. The number of hydrogen-bond donors (Lipinski definition) is 0. The first-order valence-corrected chi connectivity index (χ1v) is 6.04. The zero-order chi connectivity index (χ0) is 10.3. The first-order valence-electron chi connectivity index (χ1n) is 4.96. The van der Waals surface area contributed by atoms with E-state index in [4.69, 9.17) is 4.74 Å². The van der Waals surface area contributed by atoms with Crippen LogP contribution in [-0.2, 0) is 4.74 Å². The first kappa shape index (κ1) is 9.53. The second kappa shape index (κ2) is 3.71. The van der Waals surface area contributed by atoms with Crippen molar-refractivity contribution in [3.05, 3.63) is 22.0 Å². The van der Waals surface area contributed by atoms with E-state index in [0.717, 1.165) is 34.2 Å². The minimum absolute atomic E-state index is 0.0749. The Labute approximate surface area is 101 Å². The Morgan fingerprint density at radius 1 is 1.53 bits per heavy atom. The molecule has 3 rings (SSSR count). The summed E-state index contributed by atoms with van der Waals surface area (Å²) in [5, 5.41) is 5.59. The molecule has 1 atom stereocenters. The normalized spacial score (nSPS) is 21.3. The zero-order valence-corrected chi connectivity index (χ0v) is 10.2. The zero-order valence-electron chi connectivity index (χ0n) is 8.06. The molecule has 0 saturated carbocycles.